The van der Waals surface area contributed by atoms with E-state index >= 15 is 0 Å². The minimum absolute atomic E-state index is 0.396. The van der Waals surface area contributed by atoms with Crippen molar-refractivity contribution >= 4 is 23.4 Å². The lowest BCUT2D eigenvalue weighted by atomic mass is 10.2. The number of nitrogens with one attached hydrogen (secondary N) is 1. The van der Waals surface area contributed by atoms with E-state index in [0.29, 0.717) is 10.7 Å². The lowest BCUT2D eigenvalue weighted by Gasteiger charge is -2.17. The van der Waals surface area contributed by atoms with E-state index in [4.69, 9.17) is 5.11 Å². The molecule has 2 rings (SSSR count). The second-order valence-electron chi connectivity index (χ2n) is 3.89. The molecule has 0 unspecified atom stereocenters. The molecule has 2 heterocycles. The number of aromatic nitrogens is 4. The molecule has 0 aliphatic carbocycles. The minimum Gasteiger partial charge on any atom is -0.480 e. The van der Waals surface area contributed by atoms with Gasteiger partial charge < -0.3 is 5.11 Å². The summed E-state index contributed by atoms with van der Waals surface area (Å²) in [4.78, 5) is 22.3. The van der Waals surface area contributed by atoms with E-state index in [9.17, 15) is 9.59 Å². The summed E-state index contributed by atoms with van der Waals surface area (Å²) >= 11 is 1.07. The number of carboxylic acid groups (broad SMARTS) is 1. The summed E-state index contributed by atoms with van der Waals surface area (Å²) < 4.78 is 0.0916. The monoisotopic (exact) mass is 254 g/mol. The lowest BCUT2D eigenvalue weighted by Crippen LogP contribution is -2.27. The van der Waals surface area contributed by atoms with E-state index in [2.05, 4.69) is 15.3 Å². The van der Waals surface area contributed by atoms with Crippen molar-refractivity contribution in [3.05, 3.63) is 22.6 Å². The van der Waals surface area contributed by atoms with Crippen LogP contribution in [0.5, 0.6) is 0 Å². The van der Waals surface area contributed by atoms with Crippen molar-refractivity contribution in [3.8, 4) is 0 Å². The number of aromatic amines is 1. The van der Waals surface area contributed by atoms with Crippen LogP contribution in [0, 0.1) is 0 Å². The van der Waals surface area contributed by atoms with Crippen molar-refractivity contribution in [1.29, 1.82) is 0 Å². The molecule has 2 aromatic rings. The van der Waals surface area contributed by atoms with Gasteiger partial charge in [0.05, 0.1) is 0 Å². The average Bonchev–Trinajstić information content (AvgIpc) is 2.60. The van der Waals surface area contributed by atoms with Crippen molar-refractivity contribution in [3.63, 3.8) is 0 Å². The molecule has 0 amide bonds. The summed E-state index contributed by atoms with van der Waals surface area (Å²) in [7, 11) is 0. The van der Waals surface area contributed by atoms with Crippen LogP contribution in [0.15, 0.2) is 22.0 Å². The van der Waals surface area contributed by atoms with Crippen LogP contribution in [-0.2, 0) is 4.79 Å². The van der Waals surface area contributed by atoms with Gasteiger partial charge in [0.1, 0.15) is 9.77 Å². The minimum atomic E-state index is -1.01. The molecule has 0 aliphatic rings. The van der Waals surface area contributed by atoms with Gasteiger partial charge in [0.2, 0.25) is 0 Å². The van der Waals surface area contributed by atoms with Crippen LogP contribution in [-0.4, -0.2) is 35.6 Å². The van der Waals surface area contributed by atoms with Crippen molar-refractivity contribution < 1.29 is 9.90 Å². The Morgan fingerprint density at radius 2 is 2.24 bits per heavy atom. The summed E-state index contributed by atoms with van der Waals surface area (Å²) in [5, 5.41) is 19.4. The molecule has 0 aromatic carbocycles. The van der Waals surface area contributed by atoms with Crippen LogP contribution in [0.2, 0.25) is 0 Å². The van der Waals surface area contributed by atoms with E-state index in [1.165, 1.54) is 0 Å². The van der Waals surface area contributed by atoms with E-state index < -0.39 is 16.4 Å². The molecular formula is C9H10N4O3S. The number of hydrogen-bond donors (Lipinski definition) is 2. The van der Waals surface area contributed by atoms with Crippen LogP contribution in [0.4, 0.5) is 0 Å². The maximum atomic E-state index is 11.3. The average molecular weight is 254 g/mol. The summed E-state index contributed by atoms with van der Waals surface area (Å²) in [5.74, 6) is -0.941. The molecule has 2 aromatic heterocycles. The molecule has 0 saturated carbocycles. The molecule has 8 heteroatoms. The predicted molar refractivity (Wildman–Crippen MR) is 61.2 cm³/mol. The number of rotatable bonds is 3. The van der Waals surface area contributed by atoms with E-state index in [1.807, 2.05) is 0 Å². The highest BCUT2D eigenvalue weighted by Gasteiger charge is 2.29. The molecule has 0 radical (unpaired) electrons. The second-order valence-corrected chi connectivity index (χ2v) is 5.53. The molecule has 0 aliphatic heterocycles. The molecular weight excluding hydrogens is 244 g/mol. The summed E-state index contributed by atoms with van der Waals surface area (Å²) in [5.41, 5.74) is -0.0527. The largest absolute Gasteiger partial charge is 0.480 e. The standard InChI is InChI=1S/C9H10N4O3S/c1-9(2,7(14)15)17-6-4-3-5-10-11-8(16)13(5)12-6/h3-4H,1-2H3,(H,11,16)(H,14,15). The molecule has 0 fully saturated rings. The van der Waals surface area contributed by atoms with Gasteiger partial charge in [-0.2, -0.15) is 14.7 Å². The quantitative estimate of drug-likeness (QED) is 0.768. The Morgan fingerprint density at radius 1 is 1.53 bits per heavy atom. The topological polar surface area (TPSA) is 100 Å². The first-order valence-electron chi connectivity index (χ1n) is 4.77. The van der Waals surface area contributed by atoms with Crippen LogP contribution in [0.3, 0.4) is 0 Å². The van der Waals surface area contributed by atoms with E-state index in [1.54, 1.807) is 26.0 Å². The number of thioether (sulfide) groups is 1. The molecule has 2 N–H and O–H groups in total. The van der Waals surface area contributed by atoms with Gasteiger partial charge in [-0.15, -0.1) is 0 Å². The number of carbonyl (C=O) groups is 1. The van der Waals surface area contributed by atoms with Crippen molar-refractivity contribution in [2.75, 3.05) is 0 Å². The Labute approximate surface area is 99.8 Å². The van der Waals surface area contributed by atoms with Crippen molar-refractivity contribution in [2.45, 2.75) is 23.6 Å². The number of H-pyrrole nitrogens is 1. The van der Waals surface area contributed by atoms with E-state index in [-0.39, 0.29) is 0 Å². The first-order chi connectivity index (χ1) is 7.90. The fraction of sp³-hybridized carbons (Fsp3) is 0.333. The highest BCUT2D eigenvalue weighted by molar-refractivity contribution is 8.01. The number of hydrogen-bond acceptors (Lipinski definition) is 5. The Morgan fingerprint density at radius 3 is 2.88 bits per heavy atom. The normalized spacial score (nSPS) is 11.9. The van der Waals surface area contributed by atoms with Gasteiger partial charge in [0, 0.05) is 0 Å². The maximum Gasteiger partial charge on any atom is 0.364 e. The Balaban J connectivity index is 2.40. The van der Waals surface area contributed by atoms with Crippen LogP contribution in [0.1, 0.15) is 13.8 Å². The fourth-order valence-electron chi connectivity index (χ4n) is 1.15. The van der Waals surface area contributed by atoms with Gasteiger partial charge in [-0.05, 0) is 26.0 Å². The van der Waals surface area contributed by atoms with Gasteiger partial charge in [-0.25, -0.2) is 9.89 Å². The maximum absolute atomic E-state index is 11.3. The Kier molecular flexibility index (Phi) is 2.66. The summed E-state index contributed by atoms with van der Waals surface area (Å²) in [6.07, 6.45) is 0. The first kappa shape index (κ1) is 11.6. The summed E-state index contributed by atoms with van der Waals surface area (Å²) in [6, 6.07) is 3.23. The molecule has 17 heavy (non-hydrogen) atoms. The number of aliphatic carboxylic acids is 1. The smallest absolute Gasteiger partial charge is 0.364 e. The third kappa shape index (κ3) is 2.16. The Bertz CT molecular complexity index is 630. The highest BCUT2D eigenvalue weighted by atomic mass is 32.2. The SMILES string of the molecule is CC(C)(Sc1ccc2n[nH]c(=O)n2n1)C(=O)O. The number of carboxylic acids is 1. The van der Waals surface area contributed by atoms with Gasteiger partial charge in [0.15, 0.2) is 5.65 Å². The zero-order chi connectivity index (χ0) is 12.6. The predicted octanol–water partition coefficient (Wildman–Crippen LogP) is 0.373. The molecule has 90 valence electrons. The van der Waals surface area contributed by atoms with Gasteiger partial charge >= 0.3 is 11.7 Å². The molecule has 0 atom stereocenters. The lowest BCUT2D eigenvalue weighted by molar-refractivity contribution is -0.138. The van der Waals surface area contributed by atoms with Crippen molar-refractivity contribution in [1.82, 2.24) is 19.8 Å². The third-order valence-electron chi connectivity index (χ3n) is 2.12. The van der Waals surface area contributed by atoms with E-state index in [0.717, 1.165) is 16.3 Å². The van der Waals surface area contributed by atoms with Crippen LogP contribution in [0.25, 0.3) is 5.65 Å². The highest BCUT2D eigenvalue weighted by Crippen LogP contribution is 2.30. The molecule has 0 saturated heterocycles. The van der Waals surface area contributed by atoms with Gasteiger partial charge in [-0.3, -0.25) is 4.79 Å². The second kappa shape index (κ2) is 3.88. The number of nitrogens with zero attached hydrogens (tertiary/aromatic N) is 3. The van der Waals surface area contributed by atoms with Crippen molar-refractivity contribution in [2.24, 2.45) is 0 Å². The summed E-state index contributed by atoms with van der Waals surface area (Å²) in [6.45, 7) is 3.15. The Hall–Kier alpha value is -1.83. The molecule has 0 spiro atoms. The molecule has 0 bridgehead atoms. The zero-order valence-electron chi connectivity index (χ0n) is 9.17. The van der Waals surface area contributed by atoms with Gasteiger partial charge in [0.25, 0.3) is 0 Å². The van der Waals surface area contributed by atoms with Crippen LogP contribution < -0.4 is 5.69 Å². The zero-order valence-corrected chi connectivity index (χ0v) is 9.98. The number of fused-ring (bicyclic) bond motifs is 1. The third-order valence-corrected chi connectivity index (χ3v) is 3.24. The first-order valence-corrected chi connectivity index (χ1v) is 5.59. The van der Waals surface area contributed by atoms with Crippen LogP contribution >= 0.6 is 11.8 Å². The van der Waals surface area contributed by atoms with Gasteiger partial charge in [-0.1, -0.05) is 11.8 Å². The fourth-order valence-corrected chi connectivity index (χ4v) is 2.01. The molecule has 7 nitrogen and oxygen atoms in total.